The number of hydrogen-bond acceptors (Lipinski definition) is 3. The SMILES string of the molecule is Cc1cncc(C(=O)c2ccc(N)c(Br)c2)c1. The van der Waals surface area contributed by atoms with E-state index in [0.717, 1.165) is 10.0 Å². The van der Waals surface area contributed by atoms with E-state index in [2.05, 4.69) is 20.9 Å². The van der Waals surface area contributed by atoms with Crippen LogP contribution < -0.4 is 5.73 Å². The smallest absolute Gasteiger partial charge is 0.194 e. The van der Waals surface area contributed by atoms with E-state index in [1.807, 2.05) is 13.0 Å². The maximum Gasteiger partial charge on any atom is 0.194 e. The molecule has 2 rings (SSSR count). The Bertz CT molecular complexity index is 581. The van der Waals surface area contributed by atoms with Crippen molar-refractivity contribution in [2.75, 3.05) is 5.73 Å². The van der Waals surface area contributed by atoms with E-state index in [0.29, 0.717) is 16.8 Å². The number of halogens is 1. The lowest BCUT2D eigenvalue weighted by atomic mass is 10.0. The van der Waals surface area contributed by atoms with Gasteiger partial charge < -0.3 is 5.73 Å². The van der Waals surface area contributed by atoms with Gasteiger partial charge >= 0.3 is 0 Å². The van der Waals surface area contributed by atoms with Crippen molar-refractivity contribution in [3.8, 4) is 0 Å². The lowest BCUT2D eigenvalue weighted by Crippen LogP contribution is -2.03. The zero-order valence-electron chi connectivity index (χ0n) is 9.27. The van der Waals surface area contributed by atoms with Crippen molar-refractivity contribution in [1.82, 2.24) is 4.98 Å². The Morgan fingerprint density at radius 3 is 2.65 bits per heavy atom. The molecule has 3 nitrogen and oxygen atoms in total. The predicted molar refractivity (Wildman–Crippen MR) is 71.0 cm³/mol. The number of ketones is 1. The minimum atomic E-state index is -0.0538. The number of nitrogens with zero attached hydrogens (tertiary/aromatic N) is 1. The maximum absolute atomic E-state index is 12.2. The summed E-state index contributed by atoms with van der Waals surface area (Å²) in [5.74, 6) is -0.0538. The highest BCUT2D eigenvalue weighted by Gasteiger charge is 2.10. The second-order valence-electron chi connectivity index (χ2n) is 3.82. The largest absolute Gasteiger partial charge is 0.398 e. The van der Waals surface area contributed by atoms with Gasteiger partial charge in [-0.1, -0.05) is 0 Å². The molecule has 0 fully saturated rings. The van der Waals surface area contributed by atoms with Gasteiger partial charge in [-0.25, -0.2) is 0 Å². The van der Waals surface area contributed by atoms with Crippen LogP contribution in [0.4, 0.5) is 5.69 Å². The molecule has 2 N–H and O–H groups in total. The molecule has 2 aromatic rings. The van der Waals surface area contributed by atoms with Crippen molar-refractivity contribution < 1.29 is 4.79 Å². The van der Waals surface area contributed by atoms with E-state index in [9.17, 15) is 4.79 Å². The number of carbonyl (C=O) groups is 1. The Balaban J connectivity index is 2.40. The summed E-state index contributed by atoms with van der Waals surface area (Å²) in [7, 11) is 0. The summed E-state index contributed by atoms with van der Waals surface area (Å²) in [5.41, 5.74) is 8.44. The summed E-state index contributed by atoms with van der Waals surface area (Å²) in [6.07, 6.45) is 3.29. The molecule has 4 heteroatoms. The molecule has 0 amide bonds. The molecule has 0 radical (unpaired) electrons. The number of hydrogen-bond donors (Lipinski definition) is 1. The summed E-state index contributed by atoms with van der Waals surface area (Å²) >= 11 is 3.31. The van der Waals surface area contributed by atoms with Crippen LogP contribution in [0.15, 0.2) is 41.1 Å². The number of aryl methyl sites for hydroxylation is 1. The molecule has 0 atom stereocenters. The van der Waals surface area contributed by atoms with Gasteiger partial charge in [0.15, 0.2) is 5.78 Å². The molecule has 86 valence electrons. The second-order valence-corrected chi connectivity index (χ2v) is 4.67. The van der Waals surface area contributed by atoms with Crippen molar-refractivity contribution in [1.29, 1.82) is 0 Å². The Morgan fingerprint density at radius 2 is 2.00 bits per heavy atom. The molecule has 0 aliphatic heterocycles. The normalized spacial score (nSPS) is 10.2. The average molecular weight is 291 g/mol. The third kappa shape index (κ3) is 2.53. The number of nitrogen functional groups attached to an aromatic ring is 1. The minimum Gasteiger partial charge on any atom is -0.398 e. The number of nitrogens with two attached hydrogens (primary N) is 1. The first-order chi connectivity index (χ1) is 8.08. The molecule has 0 aliphatic carbocycles. The van der Waals surface area contributed by atoms with Crippen LogP contribution in [0.25, 0.3) is 0 Å². The number of aromatic nitrogens is 1. The molecule has 1 heterocycles. The van der Waals surface area contributed by atoms with Gasteiger partial charge in [0.2, 0.25) is 0 Å². The Hall–Kier alpha value is -1.68. The van der Waals surface area contributed by atoms with E-state index in [4.69, 9.17) is 5.73 Å². The molecule has 0 aliphatic rings. The van der Waals surface area contributed by atoms with Crippen molar-refractivity contribution in [3.05, 3.63) is 57.8 Å². The molecule has 0 saturated heterocycles. The van der Waals surface area contributed by atoms with Crippen molar-refractivity contribution in [2.45, 2.75) is 6.92 Å². The zero-order valence-corrected chi connectivity index (χ0v) is 10.9. The highest BCUT2D eigenvalue weighted by Crippen LogP contribution is 2.22. The molecule has 1 aromatic heterocycles. The van der Waals surface area contributed by atoms with Crippen molar-refractivity contribution in [2.24, 2.45) is 0 Å². The summed E-state index contributed by atoms with van der Waals surface area (Å²) in [5, 5.41) is 0. The molecule has 17 heavy (non-hydrogen) atoms. The molecular weight excluding hydrogens is 280 g/mol. The quantitative estimate of drug-likeness (QED) is 0.683. The third-order valence-corrected chi connectivity index (χ3v) is 3.09. The first kappa shape index (κ1) is 11.8. The highest BCUT2D eigenvalue weighted by molar-refractivity contribution is 9.10. The summed E-state index contributed by atoms with van der Waals surface area (Å²) in [6, 6.07) is 6.96. The van der Waals surface area contributed by atoms with Crippen molar-refractivity contribution in [3.63, 3.8) is 0 Å². The molecule has 0 saturated carbocycles. The number of carbonyl (C=O) groups excluding carboxylic acids is 1. The predicted octanol–water partition coefficient (Wildman–Crippen LogP) is 2.97. The van der Waals surface area contributed by atoms with E-state index in [1.165, 1.54) is 0 Å². The van der Waals surface area contributed by atoms with Gasteiger partial charge in [0.1, 0.15) is 0 Å². The first-order valence-corrected chi connectivity index (χ1v) is 5.88. The fraction of sp³-hybridized carbons (Fsp3) is 0.0769. The fourth-order valence-electron chi connectivity index (χ4n) is 1.51. The average Bonchev–Trinajstić information content (AvgIpc) is 2.32. The van der Waals surface area contributed by atoms with Crippen LogP contribution in [0.1, 0.15) is 21.5 Å². The van der Waals surface area contributed by atoms with Gasteiger partial charge in [-0.15, -0.1) is 0 Å². The summed E-state index contributed by atoms with van der Waals surface area (Å²) in [6.45, 7) is 1.91. The lowest BCUT2D eigenvalue weighted by molar-refractivity contribution is 0.103. The topological polar surface area (TPSA) is 56.0 Å². The van der Waals surface area contributed by atoms with Crippen LogP contribution in [0.2, 0.25) is 0 Å². The van der Waals surface area contributed by atoms with E-state index in [1.54, 1.807) is 30.6 Å². The summed E-state index contributed by atoms with van der Waals surface area (Å²) in [4.78, 5) is 16.2. The fourth-order valence-corrected chi connectivity index (χ4v) is 1.89. The zero-order chi connectivity index (χ0) is 12.4. The second kappa shape index (κ2) is 4.67. The van der Waals surface area contributed by atoms with Gasteiger partial charge in [0.25, 0.3) is 0 Å². The van der Waals surface area contributed by atoms with Crippen molar-refractivity contribution >= 4 is 27.4 Å². The van der Waals surface area contributed by atoms with Gasteiger partial charge in [0.05, 0.1) is 0 Å². The van der Waals surface area contributed by atoms with E-state index >= 15 is 0 Å². The number of pyridine rings is 1. The van der Waals surface area contributed by atoms with Crippen LogP contribution in [0, 0.1) is 6.92 Å². The number of rotatable bonds is 2. The molecule has 0 unspecified atom stereocenters. The summed E-state index contributed by atoms with van der Waals surface area (Å²) < 4.78 is 0.726. The van der Waals surface area contributed by atoms with E-state index < -0.39 is 0 Å². The molecule has 1 aromatic carbocycles. The van der Waals surface area contributed by atoms with Crippen LogP contribution in [0.3, 0.4) is 0 Å². The Morgan fingerprint density at radius 1 is 1.24 bits per heavy atom. The van der Waals surface area contributed by atoms with Gasteiger partial charge in [-0.2, -0.15) is 0 Å². The van der Waals surface area contributed by atoms with Crippen LogP contribution in [0.5, 0.6) is 0 Å². The van der Waals surface area contributed by atoms with E-state index in [-0.39, 0.29) is 5.78 Å². The monoisotopic (exact) mass is 290 g/mol. The Kier molecular flexibility index (Phi) is 3.24. The Labute approximate surface area is 108 Å². The standard InChI is InChI=1S/C13H11BrN2O/c1-8-4-10(7-16-6-8)13(17)9-2-3-12(15)11(14)5-9/h2-7H,15H2,1H3. The van der Waals surface area contributed by atoms with Gasteiger partial charge in [0, 0.05) is 33.7 Å². The van der Waals surface area contributed by atoms with Gasteiger partial charge in [-0.3, -0.25) is 9.78 Å². The van der Waals surface area contributed by atoms with Gasteiger partial charge in [-0.05, 0) is 52.7 Å². The maximum atomic E-state index is 12.2. The molecule has 0 spiro atoms. The molecular formula is C13H11BrN2O. The number of anilines is 1. The first-order valence-electron chi connectivity index (χ1n) is 5.09. The highest BCUT2D eigenvalue weighted by atomic mass is 79.9. The minimum absolute atomic E-state index is 0.0538. The third-order valence-electron chi connectivity index (χ3n) is 2.40. The van der Waals surface area contributed by atoms with Crippen LogP contribution >= 0.6 is 15.9 Å². The molecule has 0 bridgehead atoms. The lowest BCUT2D eigenvalue weighted by Gasteiger charge is -2.04. The number of benzene rings is 1. The van der Waals surface area contributed by atoms with Crippen LogP contribution in [-0.2, 0) is 0 Å². The van der Waals surface area contributed by atoms with Crippen LogP contribution in [-0.4, -0.2) is 10.8 Å².